The standard InChI is InChI=1S/C7H9N3S/c8-4-5(7(9)11)6-2-1-3-10-6/h5H,1-3H2,(H2,9,11). The molecule has 1 rings (SSSR count). The van der Waals surface area contributed by atoms with Gasteiger partial charge in [-0.05, 0) is 12.8 Å². The first-order chi connectivity index (χ1) is 5.25. The monoisotopic (exact) mass is 167 g/mol. The van der Waals surface area contributed by atoms with E-state index in [9.17, 15) is 0 Å². The second kappa shape index (κ2) is 3.44. The molecule has 11 heavy (non-hydrogen) atoms. The summed E-state index contributed by atoms with van der Waals surface area (Å²) in [6.07, 6.45) is 1.89. The molecule has 0 aromatic heterocycles. The molecule has 0 bridgehead atoms. The maximum absolute atomic E-state index is 8.66. The lowest BCUT2D eigenvalue weighted by molar-refractivity contribution is 0.947. The molecule has 0 saturated heterocycles. The van der Waals surface area contributed by atoms with Gasteiger partial charge in [-0.1, -0.05) is 12.2 Å². The molecule has 3 nitrogen and oxygen atoms in total. The molecule has 0 radical (unpaired) electrons. The van der Waals surface area contributed by atoms with Crippen LogP contribution in [0.25, 0.3) is 0 Å². The summed E-state index contributed by atoms with van der Waals surface area (Å²) in [7, 11) is 0. The van der Waals surface area contributed by atoms with E-state index in [0.717, 1.165) is 25.1 Å². The summed E-state index contributed by atoms with van der Waals surface area (Å²) in [6.45, 7) is 0.816. The molecule has 58 valence electrons. The van der Waals surface area contributed by atoms with Crippen molar-refractivity contribution in [3.8, 4) is 6.07 Å². The lowest BCUT2D eigenvalue weighted by Gasteiger charge is -2.04. The summed E-state index contributed by atoms with van der Waals surface area (Å²) in [4.78, 5) is 4.40. The zero-order chi connectivity index (χ0) is 8.27. The average molecular weight is 167 g/mol. The van der Waals surface area contributed by atoms with Gasteiger partial charge in [-0.3, -0.25) is 4.99 Å². The molecule has 1 aliphatic heterocycles. The van der Waals surface area contributed by atoms with E-state index < -0.39 is 5.92 Å². The molecule has 1 unspecified atom stereocenters. The number of aliphatic imine (C=N–C) groups is 1. The number of nitrogens with zero attached hydrogens (tertiary/aromatic N) is 2. The Morgan fingerprint density at radius 1 is 1.82 bits per heavy atom. The Bertz CT molecular complexity index is 239. The summed E-state index contributed by atoms with van der Waals surface area (Å²) < 4.78 is 0. The molecular weight excluding hydrogens is 158 g/mol. The summed E-state index contributed by atoms with van der Waals surface area (Å²) in [5.41, 5.74) is 6.22. The largest absolute Gasteiger partial charge is 0.392 e. The van der Waals surface area contributed by atoms with Crippen LogP contribution in [0.2, 0.25) is 0 Å². The number of nitriles is 1. The first-order valence-corrected chi connectivity index (χ1v) is 3.88. The van der Waals surface area contributed by atoms with Gasteiger partial charge in [-0.2, -0.15) is 5.26 Å². The molecule has 0 saturated carbocycles. The van der Waals surface area contributed by atoms with Crippen molar-refractivity contribution in [2.24, 2.45) is 16.6 Å². The first kappa shape index (κ1) is 8.15. The zero-order valence-electron chi connectivity index (χ0n) is 6.08. The van der Waals surface area contributed by atoms with Crippen LogP contribution in [-0.2, 0) is 0 Å². The second-order valence-electron chi connectivity index (χ2n) is 2.44. The molecule has 1 atom stereocenters. The van der Waals surface area contributed by atoms with E-state index in [-0.39, 0.29) is 4.99 Å². The van der Waals surface area contributed by atoms with Crippen molar-refractivity contribution in [3.05, 3.63) is 0 Å². The smallest absolute Gasteiger partial charge is 0.134 e. The van der Waals surface area contributed by atoms with E-state index in [2.05, 4.69) is 4.99 Å². The number of nitrogens with two attached hydrogens (primary N) is 1. The minimum atomic E-state index is -0.424. The van der Waals surface area contributed by atoms with Crippen molar-refractivity contribution >= 4 is 22.9 Å². The topological polar surface area (TPSA) is 62.2 Å². The average Bonchev–Trinajstić information content (AvgIpc) is 2.40. The lowest BCUT2D eigenvalue weighted by atomic mass is 10.0. The number of rotatable bonds is 2. The van der Waals surface area contributed by atoms with Gasteiger partial charge in [-0.15, -0.1) is 0 Å². The second-order valence-corrected chi connectivity index (χ2v) is 2.91. The maximum atomic E-state index is 8.66. The molecule has 0 aromatic rings. The van der Waals surface area contributed by atoms with Gasteiger partial charge in [0.15, 0.2) is 0 Å². The minimum absolute atomic E-state index is 0.244. The van der Waals surface area contributed by atoms with Crippen molar-refractivity contribution in [1.82, 2.24) is 0 Å². The quantitative estimate of drug-likeness (QED) is 0.614. The van der Waals surface area contributed by atoms with Crippen molar-refractivity contribution in [3.63, 3.8) is 0 Å². The fourth-order valence-electron chi connectivity index (χ4n) is 1.10. The predicted molar refractivity (Wildman–Crippen MR) is 47.4 cm³/mol. The molecule has 0 amide bonds. The van der Waals surface area contributed by atoms with Crippen molar-refractivity contribution < 1.29 is 0 Å². The van der Waals surface area contributed by atoms with E-state index in [1.54, 1.807) is 0 Å². The number of thiocarbonyl (C=S) groups is 1. The van der Waals surface area contributed by atoms with Crippen molar-refractivity contribution in [1.29, 1.82) is 5.26 Å². The Morgan fingerprint density at radius 3 is 2.91 bits per heavy atom. The Balaban J connectivity index is 2.71. The highest BCUT2D eigenvalue weighted by atomic mass is 32.1. The van der Waals surface area contributed by atoms with Crippen LogP contribution in [0, 0.1) is 17.2 Å². The van der Waals surface area contributed by atoms with Gasteiger partial charge in [-0.25, -0.2) is 0 Å². The summed E-state index contributed by atoms with van der Waals surface area (Å²) in [6, 6.07) is 2.05. The van der Waals surface area contributed by atoms with Crippen LogP contribution in [0.5, 0.6) is 0 Å². The van der Waals surface area contributed by atoms with Crippen LogP contribution >= 0.6 is 12.2 Å². The van der Waals surface area contributed by atoms with Crippen LogP contribution in [0.3, 0.4) is 0 Å². The molecule has 0 aromatic carbocycles. The van der Waals surface area contributed by atoms with Crippen LogP contribution in [0.1, 0.15) is 12.8 Å². The summed E-state index contributed by atoms with van der Waals surface area (Å²) in [5.74, 6) is -0.424. The molecule has 1 aliphatic rings. The van der Waals surface area contributed by atoms with E-state index in [1.807, 2.05) is 6.07 Å². The predicted octanol–water partition coefficient (Wildman–Crippen LogP) is 0.647. The Labute approximate surface area is 70.9 Å². The van der Waals surface area contributed by atoms with Gasteiger partial charge < -0.3 is 5.73 Å². The van der Waals surface area contributed by atoms with Gasteiger partial charge in [0.1, 0.15) is 5.92 Å². The summed E-state index contributed by atoms with van der Waals surface area (Å²) >= 11 is 4.73. The molecule has 0 aliphatic carbocycles. The number of hydrogen-bond acceptors (Lipinski definition) is 3. The maximum Gasteiger partial charge on any atom is 0.134 e. The third kappa shape index (κ3) is 1.75. The van der Waals surface area contributed by atoms with Gasteiger partial charge in [0.2, 0.25) is 0 Å². The molecule has 0 spiro atoms. The zero-order valence-corrected chi connectivity index (χ0v) is 6.90. The summed E-state index contributed by atoms with van der Waals surface area (Å²) in [5, 5.41) is 8.66. The van der Waals surface area contributed by atoms with E-state index >= 15 is 0 Å². The minimum Gasteiger partial charge on any atom is -0.392 e. The molecule has 0 fully saturated rings. The highest BCUT2D eigenvalue weighted by Crippen LogP contribution is 2.12. The Hall–Kier alpha value is -0.950. The fraction of sp³-hybridized carbons (Fsp3) is 0.571. The van der Waals surface area contributed by atoms with E-state index in [0.29, 0.717) is 0 Å². The van der Waals surface area contributed by atoms with Gasteiger partial charge in [0, 0.05) is 12.3 Å². The van der Waals surface area contributed by atoms with Gasteiger partial charge >= 0.3 is 0 Å². The number of hydrogen-bond donors (Lipinski definition) is 1. The highest BCUT2D eigenvalue weighted by molar-refractivity contribution is 7.80. The highest BCUT2D eigenvalue weighted by Gasteiger charge is 2.20. The van der Waals surface area contributed by atoms with Crippen LogP contribution in [0.15, 0.2) is 4.99 Å². The normalized spacial score (nSPS) is 18.6. The van der Waals surface area contributed by atoms with Gasteiger partial charge in [0.05, 0.1) is 11.1 Å². The van der Waals surface area contributed by atoms with Gasteiger partial charge in [0.25, 0.3) is 0 Å². The van der Waals surface area contributed by atoms with Crippen LogP contribution in [0.4, 0.5) is 0 Å². The SMILES string of the molecule is N#CC(C(N)=S)C1=NCCC1. The molecule has 1 heterocycles. The van der Waals surface area contributed by atoms with Crippen LogP contribution < -0.4 is 5.73 Å². The van der Waals surface area contributed by atoms with Crippen molar-refractivity contribution in [2.75, 3.05) is 6.54 Å². The third-order valence-corrected chi connectivity index (χ3v) is 1.89. The molecule has 4 heteroatoms. The Morgan fingerprint density at radius 2 is 2.55 bits per heavy atom. The van der Waals surface area contributed by atoms with E-state index in [1.165, 1.54) is 0 Å². The first-order valence-electron chi connectivity index (χ1n) is 3.48. The molecular formula is C7H9N3S. The van der Waals surface area contributed by atoms with Crippen molar-refractivity contribution in [2.45, 2.75) is 12.8 Å². The molecule has 2 N–H and O–H groups in total. The lowest BCUT2D eigenvalue weighted by Crippen LogP contribution is -2.26. The van der Waals surface area contributed by atoms with Crippen LogP contribution in [-0.4, -0.2) is 17.2 Å². The third-order valence-electron chi connectivity index (χ3n) is 1.65. The Kier molecular flexibility index (Phi) is 2.55. The fourth-order valence-corrected chi connectivity index (χ4v) is 1.29. The van der Waals surface area contributed by atoms with E-state index in [4.69, 9.17) is 23.2 Å².